The SMILES string of the molecule is CCOC(=O)Cn1c(=O)c2c(nc3n(-c4ccc(C)c(C)c4)c(-c4ccccc4)cn23)n(C)c1=O. The summed E-state index contributed by atoms with van der Waals surface area (Å²) in [5.41, 5.74) is 4.18. The van der Waals surface area contributed by atoms with E-state index in [0.717, 1.165) is 32.6 Å². The molecule has 2 aromatic carbocycles. The number of carbonyl (C=O) groups is 1. The minimum Gasteiger partial charge on any atom is -0.465 e. The summed E-state index contributed by atoms with van der Waals surface area (Å²) in [4.78, 5) is 43.2. The summed E-state index contributed by atoms with van der Waals surface area (Å²) < 4.78 is 10.8. The standard InChI is InChI=1S/C26H25N5O4/c1-5-35-21(32)15-30-24(33)22-23(28(4)26(30)34)27-25-29(22)14-20(18-9-7-6-8-10-18)31(25)19-12-11-16(2)17(3)13-19/h6-14H,5,15H2,1-4H3. The molecule has 0 N–H and O–H groups in total. The number of esters is 1. The van der Waals surface area contributed by atoms with Gasteiger partial charge in [-0.2, -0.15) is 4.98 Å². The lowest BCUT2D eigenvalue weighted by Crippen LogP contribution is -2.41. The quantitative estimate of drug-likeness (QED) is 0.368. The first-order valence-electron chi connectivity index (χ1n) is 11.3. The van der Waals surface area contributed by atoms with Gasteiger partial charge in [-0.3, -0.25) is 23.1 Å². The maximum absolute atomic E-state index is 13.5. The van der Waals surface area contributed by atoms with Gasteiger partial charge in [0.05, 0.1) is 12.3 Å². The highest BCUT2D eigenvalue weighted by molar-refractivity contribution is 5.80. The number of aromatic nitrogens is 5. The fourth-order valence-electron chi connectivity index (χ4n) is 4.30. The molecule has 0 unspecified atom stereocenters. The number of carbonyl (C=O) groups excluding carboxylic acids is 1. The van der Waals surface area contributed by atoms with E-state index < -0.39 is 23.8 Å². The molecule has 0 aliphatic carbocycles. The number of nitrogens with zero attached hydrogens (tertiary/aromatic N) is 5. The molecule has 178 valence electrons. The largest absolute Gasteiger partial charge is 0.465 e. The molecule has 0 fully saturated rings. The zero-order valence-electron chi connectivity index (χ0n) is 20.0. The summed E-state index contributed by atoms with van der Waals surface area (Å²) >= 11 is 0. The van der Waals surface area contributed by atoms with E-state index in [1.807, 2.05) is 67.1 Å². The van der Waals surface area contributed by atoms with E-state index in [0.29, 0.717) is 5.78 Å². The molecule has 0 aliphatic rings. The number of aryl methyl sites for hydroxylation is 3. The molecule has 9 nitrogen and oxygen atoms in total. The Morgan fingerprint density at radius 1 is 1.03 bits per heavy atom. The average molecular weight is 472 g/mol. The van der Waals surface area contributed by atoms with Gasteiger partial charge in [0.15, 0.2) is 11.2 Å². The van der Waals surface area contributed by atoms with Crippen LogP contribution in [0.25, 0.3) is 33.9 Å². The Bertz CT molecular complexity index is 1720. The number of hydrogen-bond acceptors (Lipinski definition) is 5. The Kier molecular flexibility index (Phi) is 5.39. The van der Waals surface area contributed by atoms with Crippen LogP contribution in [0, 0.1) is 13.8 Å². The van der Waals surface area contributed by atoms with Gasteiger partial charge in [-0.05, 0) is 44.0 Å². The topological polar surface area (TPSA) is 92.5 Å². The van der Waals surface area contributed by atoms with Gasteiger partial charge < -0.3 is 4.74 Å². The van der Waals surface area contributed by atoms with Gasteiger partial charge in [0.2, 0.25) is 5.78 Å². The van der Waals surface area contributed by atoms with Crippen molar-refractivity contribution in [2.45, 2.75) is 27.3 Å². The summed E-state index contributed by atoms with van der Waals surface area (Å²) in [5.74, 6) is -0.160. The van der Waals surface area contributed by atoms with E-state index in [2.05, 4.69) is 6.07 Å². The molecular formula is C26H25N5O4. The van der Waals surface area contributed by atoms with E-state index in [1.54, 1.807) is 11.3 Å². The molecule has 0 spiro atoms. The fraction of sp³-hybridized carbons (Fsp3) is 0.231. The molecule has 0 atom stereocenters. The molecule has 35 heavy (non-hydrogen) atoms. The second-order valence-corrected chi connectivity index (χ2v) is 8.48. The van der Waals surface area contributed by atoms with Crippen LogP contribution in [0.5, 0.6) is 0 Å². The van der Waals surface area contributed by atoms with Crippen molar-refractivity contribution in [2.24, 2.45) is 7.05 Å². The maximum atomic E-state index is 13.5. The maximum Gasteiger partial charge on any atom is 0.333 e. The summed E-state index contributed by atoms with van der Waals surface area (Å²) in [5, 5.41) is 0. The Hall–Kier alpha value is -4.40. The Labute approximate surface area is 200 Å². The molecule has 0 aliphatic heterocycles. The third kappa shape index (κ3) is 3.56. The molecule has 5 aromatic rings. The summed E-state index contributed by atoms with van der Waals surface area (Å²) in [6, 6.07) is 15.9. The highest BCUT2D eigenvalue weighted by Gasteiger charge is 2.23. The van der Waals surface area contributed by atoms with Crippen LogP contribution in [0.15, 0.2) is 64.3 Å². The average Bonchev–Trinajstić information content (AvgIpc) is 3.39. The Balaban J connectivity index is 1.87. The van der Waals surface area contributed by atoms with E-state index in [1.165, 1.54) is 11.6 Å². The summed E-state index contributed by atoms with van der Waals surface area (Å²) in [7, 11) is 1.54. The number of hydrogen-bond donors (Lipinski definition) is 0. The van der Waals surface area contributed by atoms with Gasteiger partial charge in [-0.15, -0.1) is 0 Å². The predicted octanol–water partition coefficient (Wildman–Crippen LogP) is 2.99. The van der Waals surface area contributed by atoms with Gasteiger partial charge in [-0.25, -0.2) is 9.36 Å². The van der Waals surface area contributed by atoms with Crippen LogP contribution < -0.4 is 11.2 Å². The number of ether oxygens (including phenoxy) is 1. The van der Waals surface area contributed by atoms with Crippen molar-refractivity contribution in [3.05, 3.63) is 86.7 Å². The van der Waals surface area contributed by atoms with Crippen LogP contribution in [0.2, 0.25) is 0 Å². The molecule has 5 rings (SSSR count). The smallest absolute Gasteiger partial charge is 0.333 e. The van der Waals surface area contributed by atoms with Gasteiger partial charge >= 0.3 is 11.7 Å². The Morgan fingerprint density at radius 2 is 1.77 bits per heavy atom. The van der Waals surface area contributed by atoms with Crippen LogP contribution in [0.3, 0.4) is 0 Å². The van der Waals surface area contributed by atoms with Crippen molar-refractivity contribution < 1.29 is 9.53 Å². The monoisotopic (exact) mass is 471 g/mol. The van der Waals surface area contributed by atoms with Crippen molar-refractivity contribution in [2.75, 3.05) is 6.61 Å². The molecular weight excluding hydrogens is 446 g/mol. The van der Waals surface area contributed by atoms with Crippen molar-refractivity contribution in [1.82, 2.24) is 23.1 Å². The lowest BCUT2D eigenvalue weighted by atomic mass is 10.1. The van der Waals surface area contributed by atoms with E-state index >= 15 is 0 Å². The zero-order valence-corrected chi connectivity index (χ0v) is 20.0. The van der Waals surface area contributed by atoms with E-state index in [9.17, 15) is 14.4 Å². The van der Waals surface area contributed by atoms with Crippen molar-refractivity contribution >= 4 is 22.9 Å². The third-order valence-electron chi connectivity index (χ3n) is 6.26. The van der Waals surface area contributed by atoms with Gasteiger partial charge in [0.1, 0.15) is 6.54 Å². The predicted molar refractivity (Wildman–Crippen MR) is 133 cm³/mol. The second-order valence-electron chi connectivity index (χ2n) is 8.48. The normalized spacial score (nSPS) is 11.4. The van der Waals surface area contributed by atoms with Crippen LogP contribution >= 0.6 is 0 Å². The Morgan fingerprint density at radius 3 is 2.46 bits per heavy atom. The zero-order chi connectivity index (χ0) is 24.9. The lowest BCUT2D eigenvalue weighted by molar-refractivity contribution is -0.143. The fourth-order valence-corrected chi connectivity index (χ4v) is 4.30. The number of rotatable bonds is 5. The summed E-state index contributed by atoms with van der Waals surface area (Å²) in [6.45, 7) is 5.46. The third-order valence-corrected chi connectivity index (χ3v) is 6.26. The molecule has 9 heteroatoms. The van der Waals surface area contributed by atoms with Crippen molar-refractivity contribution in [3.63, 3.8) is 0 Å². The molecule has 0 saturated heterocycles. The molecule has 0 bridgehead atoms. The first-order chi connectivity index (χ1) is 16.8. The lowest BCUT2D eigenvalue weighted by Gasteiger charge is -2.11. The van der Waals surface area contributed by atoms with Crippen LogP contribution in [-0.2, 0) is 23.1 Å². The highest BCUT2D eigenvalue weighted by Crippen LogP contribution is 2.29. The number of fused-ring (bicyclic) bond motifs is 3. The van der Waals surface area contributed by atoms with Gasteiger partial charge in [-0.1, -0.05) is 36.4 Å². The van der Waals surface area contributed by atoms with Gasteiger partial charge in [0, 0.05) is 24.5 Å². The van der Waals surface area contributed by atoms with Crippen LogP contribution in [-0.4, -0.2) is 35.7 Å². The van der Waals surface area contributed by atoms with E-state index in [4.69, 9.17) is 9.72 Å². The molecule has 0 radical (unpaired) electrons. The number of benzene rings is 2. The first-order valence-corrected chi connectivity index (χ1v) is 11.3. The minimum atomic E-state index is -0.649. The number of imidazole rings is 2. The van der Waals surface area contributed by atoms with Crippen molar-refractivity contribution in [3.8, 4) is 16.9 Å². The summed E-state index contributed by atoms with van der Waals surface area (Å²) in [6.07, 6.45) is 1.84. The highest BCUT2D eigenvalue weighted by atomic mass is 16.5. The molecule has 3 aromatic heterocycles. The van der Waals surface area contributed by atoms with E-state index in [-0.39, 0.29) is 17.8 Å². The molecule has 3 heterocycles. The minimum absolute atomic E-state index is 0.159. The molecule has 0 saturated carbocycles. The second kappa shape index (κ2) is 8.43. The molecule has 0 amide bonds. The van der Waals surface area contributed by atoms with Gasteiger partial charge in [0.25, 0.3) is 5.56 Å². The first kappa shape index (κ1) is 22.4. The van der Waals surface area contributed by atoms with Crippen LogP contribution in [0.1, 0.15) is 18.1 Å². The van der Waals surface area contributed by atoms with Crippen LogP contribution in [0.4, 0.5) is 0 Å². The van der Waals surface area contributed by atoms with Crippen molar-refractivity contribution in [1.29, 1.82) is 0 Å².